The van der Waals surface area contributed by atoms with Crippen molar-refractivity contribution in [1.29, 1.82) is 0 Å². The number of rotatable bonds is 6. The number of amides is 2. The van der Waals surface area contributed by atoms with Crippen molar-refractivity contribution in [3.05, 3.63) is 88.0 Å². The molecule has 0 saturated heterocycles. The number of aromatic hydroxyl groups is 1. The fourth-order valence-corrected chi connectivity index (χ4v) is 4.26. The Morgan fingerprint density at radius 2 is 1.91 bits per heavy atom. The van der Waals surface area contributed by atoms with Crippen LogP contribution in [-0.2, 0) is 6.54 Å². The van der Waals surface area contributed by atoms with Crippen molar-refractivity contribution >= 4 is 29.0 Å². The zero-order valence-electron chi connectivity index (χ0n) is 18.0. The Kier molecular flexibility index (Phi) is 5.85. The van der Waals surface area contributed by atoms with E-state index in [9.17, 15) is 19.1 Å². The molecule has 5 rings (SSSR count). The van der Waals surface area contributed by atoms with Gasteiger partial charge in [-0.3, -0.25) is 4.79 Å². The quantitative estimate of drug-likeness (QED) is 0.350. The van der Waals surface area contributed by atoms with Crippen molar-refractivity contribution in [3.8, 4) is 17.0 Å². The number of carbonyl (C=O) groups excluding carboxylic acids is 2. The van der Waals surface area contributed by atoms with Crippen LogP contribution < -0.4 is 10.6 Å². The zero-order chi connectivity index (χ0) is 23.7. The number of halogens is 1. The summed E-state index contributed by atoms with van der Waals surface area (Å²) in [5.74, 6) is -0.396. The van der Waals surface area contributed by atoms with E-state index in [1.807, 2.05) is 11.4 Å². The fraction of sp³-hybridized carbons (Fsp3) is 0.160. The van der Waals surface area contributed by atoms with Crippen LogP contribution in [0.3, 0.4) is 0 Å². The molecule has 172 valence electrons. The third-order valence-electron chi connectivity index (χ3n) is 5.56. The predicted molar refractivity (Wildman–Crippen MR) is 128 cm³/mol. The highest BCUT2D eigenvalue weighted by atomic mass is 32.1. The number of nitrogens with one attached hydrogen (secondary N) is 2. The Balaban J connectivity index is 1.34. The second-order valence-electron chi connectivity index (χ2n) is 8.09. The van der Waals surface area contributed by atoms with Crippen LogP contribution in [0.5, 0.6) is 5.75 Å². The van der Waals surface area contributed by atoms with Crippen molar-refractivity contribution in [2.24, 2.45) is 0 Å². The number of anilines is 1. The van der Waals surface area contributed by atoms with E-state index in [4.69, 9.17) is 0 Å². The highest BCUT2D eigenvalue weighted by Gasteiger charge is 2.30. The van der Waals surface area contributed by atoms with Gasteiger partial charge in [-0.05, 0) is 60.2 Å². The minimum atomic E-state index is -0.392. The van der Waals surface area contributed by atoms with Crippen molar-refractivity contribution in [1.82, 2.24) is 15.1 Å². The molecule has 4 aromatic rings. The molecule has 1 aliphatic carbocycles. The molecule has 0 radical (unpaired) electrons. The molecule has 3 N–H and O–H groups in total. The molecule has 1 fully saturated rings. The number of hydrogen-bond donors (Lipinski definition) is 3. The Hall–Kier alpha value is -3.98. The maximum Gasteiger partial charge on any atom is 0.342 e. The van der Waals surface area contributed by atoms with E-state index in [-0.39, 0.29) is 29.9 Å². The van der Waals surface area contributed by atoms with Crippen LogP contribution in [0.2, 0.25) is 0 Å². The maximum atomic E-state index is 13.1. The van der Waals surface area contributed by atoms with Crippen molar-refractivity contribution < 1.29 is 19.1 Å². The first kappa shape index (κ1) is 21.8. The molecule has 34 heavy (non-hydrogen) atoms. The largest absolute Gasteiger partial charge is 0.507 e. The van der Waals surface area contributed by atoms with Crippen LogP contribution in [0.15, 0.2) is 66.0 Å². The minimum absolute atomic E-state index is 0.0531. The molecule has 2 heterocycles. The van der Waals surface area contributed by atoms with E-state index in [2.05, 4.69) is 15.7 Å². The normalized spacial score (nSPS) is 13.0. The first-order valence-electron chi connectivity index (χ1n) is 10.8. The smallest absolute Gasteiger partial charge is 0.342 e. The summed E-state index contributed by atoms with van der Waals surface area (Å²) in [5.41, 5.74) is 2.93. The predicted octanol–water partition coefficient (Wildman–Crippen LogP) is 5.34. The number of benzene rings is 2. The van der Waals surface area contributed by atoms with Gasteiger partial charge in [-0.25, -0.2) is 9.18 Å². The van der Waals surface area contributed by atoms with Gasteiger partial charge in [0.2, 0.25) is 0 Å². The standard InChI is InChI=1S/C25H21FN4O3S/c26-17-7-3-15(4-8-17)14-27-25(33)30-21(16-5-6-16)13-20(29-30)19-10-9-18(12-22(19)31)28-24(32)23-2-1-11-34-23/h1-4,7-13,16,31H,5-6,14H2,(H,27,33)(H,28,32). The molecule has 9 heteroatoms. The maximum absolute atomic E-state index is 13.1. The lowest BCUT2D eigenvalue weighted by Gasteiger charge is -2.08. The molecule has 0 bridgehead atoms. The molecule has 2 aromatic carbocycles. The molecule has 2 aromatic heterocycles. The van der Waals surface area contributed by atoms with Crippen molar-refractivity contribution in [2.45, 2.75) is 25.3 Å². The molecule has 0 unspecified atom stereocenters. The third kappa shape index (κ3) is 4.69. The van der Waals surface area contributed by atoms with Crippen LogP contribution in [0, 0.1) is 5.82 Å². The van der Waals surface area contributed by atoms with Gasteiger partial charge in [0.25, 0.3) is 5.91 Å². The van der Waals surface area contributed by atoms with Crippen molar-refractivity contribution in [2.75, 3.05) is 5.32 Å². The van der Waals surface area contributed by atoms with Gasteiger partial charge in [0.15, 0.2) is 0 Å². The van der Waals surface area contributed by atoms with Crippen molar-refractivity contribution in [3.63, 3.8) is 0 Å². The summed E-state index contributed by atoms with van der Waals surface area (Å²) in [4.78, 5) is 25.7. The summed E-state index contributed by atoms with van der Waals surface area (Å²) in [6.45, 7) is 0.238. The lowest BCUT2D eigenvalue weighted by Crippen LogP contribution is -2.30. The lowest BCUT2D eigenvalue weighted by atomic mass is 10.1. The second kappa shape index (κ2) is 9.11. The molecule has 7 nitrogen and oxygen atoms in total. The highest BCUT2D eigenvalue weighted by molar-refractivity contribution is 7.12. The van der Waals surface area contributed by atoms with Gasteiger partial charge >= 0.3 is 6.03 Å². The zero-order valence-corrected chi connectivity index (χ0v) is 18.8. The molecular weight excluding hydrogens is 455 g/mol. The van der Waals surface area contributed by atoms with E-state index >= 15 is 0 Å². The number of carbonyl (C=O) groups is 2. The number of aromatic nitrogens is 2. The topological polar surface area (TPSA) is 96.3 Å². The summed E-state index contributed by atoms with van der Waals surface area (Å²) in [6, 6.07) is 15.7. The average Bonchev–Trinajstić information content (AvgIpc) is 3.33. The summed E-state index contributed by atoms with van der Waals surface area (Å²) in [7, 11) is 0. The summed E-state index contributed by atoms with van der Waals surface area (Å²) in [5, 5.41) is 22.5. The van der Waals surface area contributed by atoms with Crippen LogP contribution >= 0.6 is 11.3 Å². The Bertz CT molecular complexity index is 1350. The monoisotopic (exact) mass is 476 g/mol. The second-order valence-corrected chi connectivity index (χ2v) is 9.04. The first-order chi connectivity index (χ1) is 16.5. The Morgan fingerprint density at radius 3 is 2.59 bits per heavy atom. The van der Waals surface area contributed by atoms with E-state index in [0.29, 0.717) is 21.8 Å². The van der Waals surface area contributed by atoms with Crippen LogP contribution in [0.4, 0.5) is 14.9 Å². The summed E-state index contributed by atoms with van der Waals surface area (Å²) >= 11 is 1.33. The van der Waals surface area contributed by atoms with Gasteiger partial charge in [-0.2, -0.15) is 9.78 Å². The fourth-order valence-electron chi connectivity index (χ4n) is 3.64. The molecular formula is C25H21FN4O3S. The molecule has 1 aliphatic rings. The Labute approximate surface area is 198 Å². The molecule has 2 amide bonds. The van der Waals surface area contributed by atoms with E-state index < -0.39 is 6.03 Å². The van der Waals surface area contributed by atoms with Crippen LogP contribution in [0.1, 0.15) is 39.7 Å². The van der Waals surface area contributed by atoms with Gasteiger partial charge in [0.05, 0.1) is 16.3 Å². The number of phenols is 1. The lowest BCUT2D eigenvalue weighted by molar-refractivity contribution is 0.103. The van der Waals surface area contributed by atoms with Gasteiger partial charge in [0, 0.05) is 29.8 Å². The summed E-state index contributed by atoms with van der Waals surface area (Å²) < 4.78 is 14.4. The van der Waals surface area contributed by atoms with E-state index in [1.54, 1.807) is 36.4 Å². The third-order valence-corrected chi connectivity index (χ3v) is 6.43. The summed E-state index contributed by atoms with van der Waals surface area (Å²) in [6.07, 6.45) is 1.94. The van der Waals surface area contributed by atoms with Crippen LogP contribution in [-0.4, -0.2) is 26.8 Å². The average molecular weight is 477 g/mol. The van der Waals surface area contributed by atoms with Crippen LogP contribution in [0.25, 0.3) is 11.3 Å². The van der Waals surface area contributed by atoms with E-state index in [1.165, 1.54) is 34.2 Å². The molecule has 0 aliphatic heterocycles. The molecule has 1 saturated carbocycles. The Morgan fingerprint density at radius 1 is 1.12 bits per heavy atom. The van der Waals surface area contributed by atoms with Gasteiger partial charge in [-0.1, -0.05) is 18.2 Å². The SMILES string of the molecule is O=C(Nc1ccc(-c2cc(C3CC3)n(C(=O)NCc3ccc(F)cc3)n2)c(O)c1)c1cccs1. The van der Waals surface area contributed by atoms with Gasteiger partial charge < -0.3 is 15.7 Å². The number of hydrogen-bond acceptors (Lipinski definition) is 5. The number of phenolic OH excluding ortho intramolecular Hbond substituents is 1. The minimum Gasteiger partial charge on any atom is -0.507 e. The molecule has 0 spiro atoms. The molecule has 0 atom stereocenters. The number of nitrogens with zero attached hydrogens (tertiary/aromatic N) is 2. The first-order valence-corrected chi connectivity index (χ1v) is 11.7. The van der Waals surface area contributed by atoms with Gasteiger partial charge in [-0.15, -0.1) is 11.3 Å². The van der Waals surface area contributed by atoms with Gasteiger partial charge in [0.1, 0.15) is 11.6 Å². The highest BCUT2D eigenvalue weighted by Crippen LogP contribution is 2.42. The van der Waals surface area contributed by atoms with E-state index in [0.717, 1.165) is 24.1 Å². The number of thiophene rings is 1.